The first kappa shape index (κ1) is 13.1. The summed E-state index contributed by atoms with van der Waals surface area (Å²) in [6, 6.07) is 0. The second-order valence-corrected chi connectivity index (χ2v) is 6.85. The highest BCUT2D eigenvalue weighted by Crippen LogP contribution is 2.53. The Hall–Kier alpha value is -0.370. The molecule has 0 spiro atoms. The summed E-state index contributed by atoms with van der Waals surface area (Å²) < 4.78 is 0. The van der Waals surface area contributed by atoms with Crippen molar-refractivity contribution >= 4 is 5.78 Å². The zero-order valence-corrected chi connectivity index (χ0v) is 11.4. The van der Waals surface area contributed by atoms with Gasteiger partial charge in [0.1, 0.15) is 5.78 Å². The van der Waals surface area contributed by atoms with Gasteiger partial charge in [0.25, 0.3) is 0 Å². The Kier molecular flexibility index (Phi) is 3.63. The Labute approximate surface area is 105 Å². The van der Waals surface area contributed by atoms with Gasteiger partial charge in [0.2, 0.25) is 0 Å². The smallest absolute Gasteiger partial charge is 0.133 e. The van der Waals surface area contributed by atoms with Crippen molar-refractivity contribution in [3.8, 4) is 0 Å². The second kappa shape index (κ2) is 4.72. The van der Waals surface area contributed by atoms with E-state index in [0.29, 0.717) is 36.1 Å². The molecule has 0 aromatic heterocycles. The topological polar surface area (TPSA) is 37.3 Å². The van der Waals surface area contributed by atoms with Crippen LogP contribution in [0.1, 0.15) is 52.9 Å². The fourth-order valence-corrected chi connectivity index (χ4v) is 4.26. The van der Waals surface area contributed by atoms with Crippen LogP contribution >= 0.6 is 0 Å². The van der Waals surface area contributed by atoms with Crippen molar-refractivity contribution in [1.82, 2.24) is 0 Å². The van der Waals surface area contributed by atoms with Gasteiger partial charge >= 0.3 is 0 Å². The zero-order valence-electron chi connectivity index (χ0n) is 11.4. The molecule has 2 rings (SSSR count). The first-order valence-corrected chi connectivity index (χ1v) is 7.09. The lowest BCUT2D eigenvalue weighted by Crippen LogP contribution is -2.45. The van der Waals surface area contributed by atoms with E-state index in [1.54, 1.807) is 0 Å². The third-order valence-corrected chi connectivity index (χ3v) is 5.47. The largest absolute Gasteiger partial charge is 0.396 e. The lowest BCUT2D eigenvalue weighted by Gasteiger charge is -2.51. The molecule has 0 aromatic carbocycles. The van der Waals surface area contributed by atoms with Crippen LogP contribution in [-0.4, -0.2) is 17.5 Å². The van der Waals surface area contributed by atoms with Crippen LogP contribution in [0.15, 0.2) is 0 Å². The van der Waals surface area contributed by atoms with E-state index in [9.17, 15) is 9.90 Å². The minimum absolute atomic E-state index is 0.250. The van der Waals surface area contributed by atoms with Gasteiger partial charge in [-0.25, -0.2) is 0 Å². The van der Waals surface area contributed by atoms with Gasteiger partial charge in [-0.05, 0) is 48.3 Å². The highest BCUT2D eigenvalue weighted by atomic mass is 16.3. The predicted molar refractivity (Wildman–Crippen MR) is 68.6 cm³/mol. The van der Waals surface area contributed by atoms with E-state index in [-0.39, 0.29) is 5.41 Å². The lowest BCUT2D eigenvalue weighted by molar-refractivity contribution is -0.131. The molecule has 0 heterocycles. The van der Waals surface area contributed by atoms with Crippen LogP contribution < -0.4 is 0 Å². The second-order valence-electron chi connectivity index (χ2n) is 6.85. The number of hydrogen-bond acceptors (Lipinski definition) is 2. The predicted octanol–water partition coefficient (Wildman–Crippen LogP) is 3.04. The maximum Gasteiger partial charge on any atom is 0.133 e. The molecule has 98 valence electrons. The van der Waals surface area contributed by atoms with Crippen molar-refractivity contribution in [1.29, 1.82) is 0 Å². The highest BCUT2D eigenvalue weighted by Gasteiger charge is 2.47. The average molecular weight is 238 g/mol. The molecule has 2 aliphatic rings. The lowest BCUT2D eigenvalue weighted by atomic mass is 9.54. The molecule has 1 N–H and O–H groups in total. The Morgan fingerprint density at radius 3 is 2.88 bits per heavy atom. The molecule has 0 bridgehead atoms. The van der Waals surface area contributed by atoms with E-state index in [0.717, 1.165) is 12.8 Å². The van der Waals surface area contributed by atoms with Gasteiger partial charge in [0.05, 0.1) is 0 Å². The van der Waals surface area contributed by atoms with Crippen molar-refractivity contribution in [2.45, 2.75) is 52.9 Å². The number of hydrogen-bond donors (Lipinski definition) is 1. The summed E-state index contributed by atoms with van der Waals surface area (Å²) in [6.07, 6.45) is 5.15. The molecule has 2 heteroatoms. The fourth-order valence-electron chi connectivity index (χ4n) is 4.26. The van der Waals surface area contributed by atoms with Crippen LogP contribution in [0.4, 0.5) is 0 Å². The van der Waals surface area contributed by atoms with Crippen LogP contribution in [0.3, 0.4) is 0 Å². The fraction of sp³-hybridized carbons (Fsp3) is 0.933. The third kappa shape index (κ3) is 2.42. The molecule has 0 amide bonds. The molecule has 5 atom stereocenters. The maximum atomic E-state index is 11.8. The average Bonchev–Trinajstić information content (AvgIpc) is 2.26. The van der Waals surface area contributed by atoms with Gasteiger partial charge in [0.15, 0.2) is 0 Å². The van der Waals surface area contributed by atoms with Gasteiger partial charge in [-0.2, -0.15) is 0 Å². The minimum Gasteiger partial charge on any atom is -0.396 e. The summed E-state index contributed by atoms with van der Waals surface area (Å²) in [6.45, 7) is 7.02. The summed E-state index contributed by atoms with van der Waals surface area (Å²) in [7, 11) is 0. The Morgan fingerprint density at radius 1 is 1.53 bits per heavy atom. The van der Waals surface area contributed by atoms with Crippen LogP contribution in [-0.2, 0) is 4.79 Å². The number of Topliss-reactive ketones (excluding diaryl/α,β-unsaturated/α-hetero) is 1. The number of rotatable bonds is 2. The minimum atomic E-state index is 0.250. The number of carbonyl (C=O) groups excluding carboxylic acids is 1. The van der Waals surface area contributed by atoms with Crippen LogP contribution in [0, 0.1) is 29.1 Å². The third-order valence-electron chi connectivity index (χ3n) is 5.47. The van der Waals surface area contributed by atoms with Crippen LogP contribution in [0.2, 0.25) is 0 Å². The molecule has 5 unspecified atom stereocenters. The molecule has 0 aliphatic heterocycles. The van der Waals surface area contributed by atoms with Crippen molar-refractivity contribution < 1.29 is 9.90 Å². The molecule has 2 fully saturated rings. The van der Waals surface area contributed by atoms with Crippen molar-refractivity contribution in [3.63, 3.8) is 0 Å². The standard InChI is InChI=1S/C15H26O2/c1-10-6-13(17)8-15(3)5-4-12(7-14(10)15)11(2)9-16/h10-12,14,16H,4-9H2,1-3H3. The molecule has 0 radical (unpaired) electrons. The normalized spacial score (nSPS) is 44.2. The number of aliphatic hydroxyl groups is 1. The van der Waals surface area contributed by atoms with Crippen LogP contribution in [0.25, 0.3) is 0 Å². The number of fused-ring (bicyclic) bond motifs is 1. The number of carbonyl (C=O) groups is 1. The van der Waals surface area contributed by atoms with Crippen molar-refractivity contribution in [2.75, 3.05) is 6.61 Å². The van der Waals surface area contributed by atoms with Gasteiger partial charge in [-0.1, -0.05) is 20.8 Å². The van der Waals surface area contributed by atoms with E-state index in [4.69, 9.17) is 0 Å². The van der Waals surface area contributed by atoms with Gasteiger partial charge in [-0.3, -0.25) is 4.79 Å². The van der Waals surface area contributed by atoms with E-state index >= 15 is 0 Å². The zero-order chi connectivity index (χ0) is 12.6. The summed E-state index contributed by atoms with van der Waals surface area (Å²) in [5.74, 6) is 2.77. The Bertz CT molecular complexity index is 299. The van der Waals surface area contributed by atoms with Crippen molar-refractivity contribution in [3.05, 3.63) is 0 Å². The van der Waals surface area contributed by atoms with E-state index in [1.165, 1.54) is 19.3 Å². The molecule has 2 aliphatic carbocycles. The quantitative estimate of drug-likeness (QED) is 0.803. The first-order chi connectivity index (χ1) is 7.96. The monoisotopic (exact) mass is 238 g/mol. The molecule has 2 nitrogen and oxygen atoms in total. The molecule has 17 heavy (non-hydrogen) atoms. The van der Waals surface area contributed by atoms with E-state index < -0.39 is 0 Å². The van der Waals surface area contributed by atoms with Gasteiger partial charge in [-0.15, -0.1) is 0 Å². The summed E-state index contributed by atoms with van der Waals surface area (Å²) >= 11 is 0. The van der Waals surface area contributed by atoms with E-state index in [2.05, 4.69) is 20.8 Å². The van der Waals surface area contributed by atoms with Gasteiger partial charge in [0, 0.05) is 19.4 Å². The SMILES string of the molecule is CC(CO)C1CCC2(C)CC(=O)CC(C)C2C1. The molecule has 0 saturated heterocycles. The summed E-state index contributed by atoms with van der Waals surface area (Å²) in [4.78, 5) is 11.8. The summed E-state index contributed by atoms with van der Waals surface area (Å²) in [5.41, 5.74) is 0.250. The molecule has 0 aromatic rings. The van der Waals surface area contributed by atoms with E-state index in [1.807, 2.05) is 0 Å². The summed E-state index contributed by atoms with van der Waals surface area (Å²) in [5, 5.41) is 9.30. The highest BCUT2D eigenvalue weighted by molar-refractivity contribution is 5.80. The number of aliphatic hydroxyl groups excluding tert-OH is 1. The maximum absolute atomic E-state index is 11.8. The van der Waals surface area contributed by atoms with Crippen LogP contribution in [0.5, 0.6) is 0 Å². The molecular weight excluding hydrogens is 212 g/mol. The Balaban J connectivity index is 2.11. The molecular formula is C15H26O2. The van der Waals surface area contributed by atoms with Gasteiger partial charge < -0.3 is 5.11 Å². The first-order valence-electron chi connectivity index (χ1n) is 7.09. The Morgan fingerprint density at radius 2 is 2.24 bits per heavy atom. The molecule has 2 saturated carbocycles. The van der Waals surface area contributed by atoms with Crippen molar-refractivity contribution in [2.24, 2.45) is 29.1 Å². The number of ketones is 1.